The molecule has 90 heavy (non-hydrogen) atoms. The van der Waals surface area contributed by atoms with E-state index in [-0.39, 0.29) is 9.79 Å². The topological polar surface area (TPSA) is 162 Å². The number of fused-ring (bicyclic) bond motifs is 2. The highest BCUT2D eigenvalue weighted by Crippen LogP contribution is 2.25. The van der Waals surface area contributed by atoms with Crippen LogP contribution >= 0.6 is 22.7 Å². The SMILES string of the molecule is O=S(=O)([O-])c1ccc(-c2ccc(S(=O)(=O)O)cc2)cc1.c1ccc(CCC[n+]2ccc(-c3cc[n+](CCCCn4/c(=N/N=c5\sc6ccccc6n5CCCC[n+]5ccc(-c6cc[n+](CCCc7ccccc7)cc6)cc5)sc5ccccc54)cc3)cc2)cc1. The molecule has 0 amide bonds. The van der Waals surface area contributed by atoms with Crippen LogP contribution in [0.1, 0.15) is 49.7 Å². The van der Waals surface area contributed by atoms with Gasteiger partial charge in [-0.15, -0.1) is 10.2 Å². The Bertz CT molecular complexity index is 4370. The summed E-state index contributed by atoms with van der Waals surface area (Å²) in [5.74, 6) is 0. The number of thiazole rings is 2. The Morgan fingerprint density at radius 3 is 1.02 bits per heavy atom. The summed E-state index contributed by atoms with van der Waals surface area (Å²) in [6, 6.07) is 67.3. The minimum atomic E-state index is -4.49. The predicted octanol–water partition coefficient (Wildman–Crippen LogP) is 12.4. The van der Waals surface area contributed by atoms with Crippen molar-refractivity contribution >= 4 is 63.3 Å². The number of pyridine rings is 4. The third-order valence-corrected chi connectivity index (χ3v) is 19.6. The van der Waals surface area contributed by atoms with Gasteiger partial charge in [-0.05, 0) is 119 Å². The molecule has 0 fully saturated rings. The van der Waals surface area contributed by atoms with Gasteiger partial charge < -0.3 is 13.7 Å². The Morgan fingerprint density at radius 1 is 0.367 bits per heavy atom. The van der Waals surface area contributed by atoms with Crippen molar-refractivity contribution < 1.29 is 44.2 Å². The highest BCUT2D eigenvalue weighted by molar-refractivity contribution is 7.86. The van der Waals surface area contributed by atoms with E-state index in [2.05, 4.69) is 235 Å². The fourth-order valence-electron chi connectivity index (χ4n) is 10.9. The molecule has 0 aliphatic rings. The number of benzene rings is 6. The van der Waals surface area contributed by atoms with Crippen LogP contribution < -0.4 is 27.9 Å². The smallest absolute Gasteiger partial charge is 0.294 e. The lowest BCUT2D eigenvalue weighted by Gasteiger charge is -2.08. The van der Waals surface area contributed by atoms with Crippen molar-refractivity contribution in [3.05, 3.63) is 277 Å². The minimum absolute atomic E-state index is 0.236. The van der Waals surface area contributed by atoms with Crippen LogP contribution in [-0.4, -0.2) is 35.1 Å². The average Bonchev–Trinajstić information content (AvgIpc) is 1.99. The number of rotatable bonds is 24. The zero-order chi connectivity index (χ0) is 62.1. The molecule has 18 heteroatoms. The third-order valence-electron chi connectivity index (χ3n) is 15.8. The summed E-state index contributed by atoms with van der Waals surface area (Å²) >= 11 is 3.44. The molecule has 0 aliphatic carbocycles. The Morgan fingerprint density at radius 2 is 0.678 bits per heavy atom. The van der Waals surface area contributed by atoms with Crippen LogP contribution in [-0.2, 0) is 72.3 Å². The fraction of sp³-hybridized carbons (Fsp3) is 0.194. The van der Waals surface area contributed by atoms with E-state index in [9.17, 15) is 21.4 Å². The second kappa shape index (κ2) is 30.1. The number of nitrogens with zero attached hydrogens (tertiary/aromatic N) is 8. The van der Waals surface area contributed by atoms with Crippen LogP contribution in [0, 0.1) is 0 Å². The van der Waals surface area contributed by atoms with Gasteiger partial charge in [0.25, 0.3) is 10.1 Å². The lowest BCUT2D eigenvalue weighted by atomic mass is 10.1. The zero-order valence-corrected chi connectivity index (χ0v) is 53.1. The summed E-state index contributed by atoms with van der Waals surface area (Å²) in [5.41, 5.74) is 11.4. The number of aromatic nitrogens is 6. The number of unbranched alkanes of at least 4 members (excludes halogenated alkanes) is 2. The average molecular weight is 1270 g/mol. The minimum Gasteiger partial charge on any atom is -0.744 e. The highest BCUT2D eigenvalue weighted by Gasteiger charge is 2.14. The summed E-state index contributed by atoms with van der Waals surface area (Å²) in [6.45, 7) is 5.74. The van der Waals surface area contributed by atoms with Gasteiger partial charge >= 0.3 is 0 Å². The van der Waals surface area contributed by atoms with Crippen molar-refractivity contribution in [1.29, 1.82) is 0 Å². The highest BCUT2D eigenvalue weighted by atomic mass is 32.2. The normalized spacial score (nSPS) is 12.2. The first kappa shape index (κ1) is 62.7. The maximum Gasteiger partial charge on any atom is 0.294 e. The molecule has 14 nitrogen and oxygen atoms in total. The van der Waals surface area contributed by atoms with Gasteiger partial charge in [0.05, 0.1) is 30.2 Å². The van der Waals surface area contributed by atoms with Gasteiger partial charge in [0, 0.05) is 87.3 Å². The summed E-state index contributed by atoms with van der Waals surface area (Å²) in [5, 5.41) is 10.00. The molecule has 6 aromatic carbocycles. The van der Waals surface area contributed by atoms with Crippen LogP contribution in [0.15, 0.2) is 276 Å². The van der Waals surface area contributed by atoms with Crippen molar-refractivity contribution in [3.63, 3.8) is 0 Å². The molecule has 6 heterocycles. The molecule has 12 aromatic rings. The summed E-state index contributed by atoms with van der Waals surface area (Å²) < 4.78 is 79.4. The van der Waals surface area contributed by atoms with Crippen LogP contribution in [0.4, 0.5) is 0 Å². The molecular weight excluding hydrogens is 1200 g/mol. The van der Waals surface area contributed by atoms with Gasteiger partial charge in [-0.1, -0.05) is 132 Å². The molecule has 0 unspecified atom stereocenters. The second-order valence-corrected chi connectivity index (χ2v) is 26.9. The lowest BCUT2D eigenvalue weighted by molar-refractivity contribution is -0.697. The molecule has 0 aliphatic heterocycles. The third kappa shape index (κ3) is 17.1. The van der Waals surface area contributed by atoms with Gasteiger partial charge in [-0.2, -0.15) is 8.42 Å². The van der Waals surface area contributed by atoms with Gasteiger partial charge in [-0.3, -0.25) is 4.55 Å². The molecule has 12 rings (SSSR count). The Hall–Kier alpha value is -8.88. The Labute approximate surface area is 533 Å². The van der Waals surface area contributed by atoms with E-state index in [0.29, 0.717) is 11.1 Å². The summed E-state index contributed by atoms with van der Waals surface area (Å²) in [7, 11) is -8.74. The lowest BCUT2D eigenvalue weighted by Crippen LogP contribution is -2.33. The monoisotopic (exact) mass is 1270 g/mol. The van der Waals surface area contributed by atoms with Gasteiger partial charge in [0.1, 0.15) is 36.3 Å². The van der Waals surface area contributed by atoms with Gasteiger partial charge in [0.2, 0.25) is 9.60 Å². The largest absolute Gasteiger partial charge is 0.744 e. The summed E-state index contributed by atoms with van der Waals surface area (Å²) in [6.07, 6.45) is 26.4. The number of hydrogen-bond acceptors (Lipinski definition) is 9. The maximum atomic E-state index is 10.9. The van der Waals surface area contributed by atoms with E-state index in [4.69, 9.17) is 14.8 Å². The molecule has 1 N–H and O–H groups in total. The molecule has 0 bridgehead atoms. The quantitative estimate of drug-likeness (QED) is 0.0274. The van der Waals surface area contributed by atoms with E-state index in [0.717, 1.165) is 100 Å². The zero-order valence-electron chi connectivity index (χ0n) is 49.8. The van der Waals surface area contributed by atoms with Crippen LogP contribution in [0.5, 0.6) is 0 Å². The number of aryl methyl sites for hydroxylation is 8. The van der Waals surface area contributed by atoms with Crippen molar-refractivity contribution in [3.8, 4) is 33.4 Å². The number of hydrogen-bond donors (Lipinski definition) is 1. The van der Waals surface area contributed by atoms with E-state index in [1.54, 1.807) is 22.7 Å². The van der Waals surface area contributed by atoms with Crippen molar-refractivity contribution in [1.82, 2.24) is 9.13 Å². The standard InChI is InChI=1S/C60H62N8S2.C12H10O6S2/c1-3-17-49(18-4-1)21-15-37-65-45-31-53(32-46-65)51-27-41-63(42-28-51)35-11-13-39-67-55-23-7-9-25-57(55)69-59(67)61-62-60-68(56-24-8-10-26-58(56)70-60)40-14-12-36-64-43-29-52(30-44-64)54-33-47-66(48-34-54)38-16-22-50-19-5-2-6-20-50;13-19(14,15)11-5-1-9(2-6-11)10-3-7-12(8-4-10)20(16,17)18/h1-10,17-20,23-34,41-48H,11-16,21-22,35-40H2;1-8H,(H,13,14,15)(H,16,17,18)/q+4;/p-1/b61-59-,62-60-;. The van der Waals surface area contributed by atoms with Crippen molar-refractivity contribution in [2.45, 2.75) is 100 Å². The van der Waals surface area contributed by atoms with Crippen LogP contribution in [0.25, 0.3) is 53.8 Å². The van der Waals surface area contributed by atoms with Gasteiger partial charge in [0.15, 0.2) is 49.6 Å². The van der Waals surface area contributed by atoms with Crippen LogP contribution in [0.3, 0.4) is 0 Å². The predicted molar refractivity (Wildman–Crippen MR) is 353 cm³/mol. The molecule has 0 radical (unpaired) electrons. The van der Waals surface area contributed by atoms with Gasteiger partial charge in [-0.25, -0.2) is 26.7 Å². The first-order valence-electron chi connectivity index (χ1n) is 30.3. The van der Waals surface area contributed by atoms with Crippen molar-refractivity contribution in [2.75, 3.05) is 0 Å². The Kier molecular flexibility index (Phi) is 21.0. The van der Waals surface area contributed by atoms with E-state index in [1.807, 2.05) is 0 Å². The summed E-state index contributed by atoms with van der Waals surface area (Å²) in [4.78, 5) is 1.31. The van der Waals surface area contributed by atoms with E-state index >= 15 is 0 Å². The molecule has 6 aromatic heterocycles. The first-order valence-corrected chi connectivity index (χ1v) is 34.8. The van der Waals surface area contributed by atoms with E-state index < -0.39 is 20.2 Å². The molecule has 456 valence electrons. The molecule has 0 saturated carbocycles. The fourth-order valence-corrected chi connectivity index (χ4v) is 13.9. The molecule has 0 spiro atoms. The molecule has 0 saturated heterocycles. The van der Waals surface area contributed by atoms with Crippen LogP contribution in [0.2, 0.25) is 0 Å². The first-order chi connectivity index (χ1) is 43.9. The van der Waals surface area contributed by atoms with Crippen molar-refractivity contribution in [2.24, 2.45) is 10.2 Å². The maximum absolute atomic E-state index is 10.9. The molecule has 0 atom stereocenters. The Balaban J connectivity index is 0.000000354. The number of para-hydroxylation sites is 2. The second-order valence-electron chi connectivity index (χ2n) is 22.1. The van der Waals surface area contributed by atoms with E-state index in [1.165, 1.54) is 102 Å². The molecular formula is C72H71N8O6S4+3.